The van der Waals surface area contributed by atoms with Gasteiger partial charge in [-0.3, -0.25) is 19.2 Å². The fourth-order valence-corrected chi connectivity index (χ4v) is 4.37. The molecular formula is C22H28FN5O2. The molecule has 0 aliphatic carbocycles. The van der Waals surface area contributed by atoms with Crippen LogP contribution in [0.5, 0.6) is 0 Å². The summed E-state index contributed by atoms with van der Waals surface area (Å²) in [7, 11) is 0. The van der Waals surface area contributed by atoms with Gasteiger partial charge in [-0.25, -0.2) is 4.39 Å². The molecule has 8 heteroatoms. The lowest BCUT2D eigenvalue weighted by Crippen LogP contribution is -2.56. The lowest BCUT2D eigenvalue weighted by Gasteiger charge is -2.39. The van der Waals surface area contributed by atoms with Crippen LogP contribution in [0.3, 0.4) is 0 Å². The number of nitrogens with zero attached hydrogens (tertiary/aromatic N) is 5. The van der Waals surface area contributed by atoms with Gasteiger partial charge in [-0.1, -0.05) is 12.1 Å². The zero-order valence-corrected chi connectivity index (χ0v) is 17.6. The first-order valence-corrected chi connectivity index (χ1v) is 10.5. The van der Waals surface area contributed by atoms with Crippen LogP contribution in [0.1, 0.15) is 23.4 Å². The van der Waals surface area contributed by atoms with Crippen molar-refractivity contribution >= 4 is 11.8 Å². The van der Waals surface area contributed by atoms with Gasteiger partial charge in [0.25, 0.3) is 0 Å². The second-order valence-electron chi connectivity index (χ2n) is 8.19. The molecule has 1 unspecified atom stereocenters. The van der Waals surface area contributed by atoms with E-state index in [9.17, 15) is 14.0 Å². The number of hydrogen-bond donors (Lipinski definition) is 0. The summed E-state index contributed by atoms with van der Waals surface area (Å²) in [5, 5.41) is 4.38. The molecular weight excluding hydrogens is 385 g/mol. The predicted molar refractivity (Wildman–Crippen MR) is 110 cm³/mol. The van der Waals surface area contributed by atoms with Crippen molar-refractivity contribution in [3.05, 3.63) is 53.1 Å². The van der Waals surface area contributed by atoms with Crippen molar-refractivity contribution in [3.8, 4) is 0 Å². The second kappa shape index (κ2) is 8.55. The Hall–Kier alpha value is -2.74. The van der Waals surface area contributed by atoms with Gasteiger partial charge >= 0.3 is 0 Å². The number of benzene rings is 1. The molecule has 2 amide bonds. The van der Waals surface area contributed by atoms with Gasteiger partial charge in [0.2, 0.25) is 11.8 Å². The Morgan fingerprint density at radius 2 is 1.83 bits per heavy atom. The molecule has 4 rings (SSSR count). The smallest absolute Gasteiger partial charge is 0.244 e. The first-order valence-electron chi connectivity index (χ1n) is 10.5. The van der Waals surface area contributed by atoms with E-state index in [1.807, 2.05) is 29.7 Å². The summed E-state index contributed by atoms with van der Waals surface area (Å²) in [5.41, 5.74) is 2.80. The van der Waals surface area contributed by atoms with Crippen molar-refractivity contribution in [3.63, 3.8) is 0 Å². The second-order valence-corrected chi connectivity index (χ2v) is 8.19. The highest BCUT2D eigenvalue weighted by molar-refractivity contribution is 5.83. The number of rotatable bonds is 4. The molecule has 2 aliphatic rings. The molecule has 1 aromatic heterocycles. The third kappa shape index (κ3) is 4.38. The Labute approximate surface area is 176 Å². The molecule has 0 spiro atoms. The van der Waals surface area contributed by atoms with Gasteiger partial charge in [0.05, 0.1) is 11.7 Å². The maximum absolute atomic E-state index is 13.1. The highest BCUT2D eigenvalue weighted by atomic mass is 19.1. The summed E-state index contributed by atoms with van der Waals surface area (Å²) in [6.45, 7) is 7.91. The fraction of sp³-hybridized carbons (Fsp3) is 0.500. The van der Waals surface area contributed by atoms with E-state index in [1.165, 1.54) is 12.1 Å². The quantitative estimate of drug-likeness (QED) is 0.764. The Bertz CT molecular complexity index is 926. The molecule has 160 valence electrons. The Morgan fingerprint density at radius 3 is 2.53 bits per heavy atom. The van der Waals surface area contributed by atoms with Crippen LogP contribution in [0.4, 0.5) is 4.39 Å². The molecule has 30 heavy (non-hydrogen) atoms. The number of aromatic nitrogens is 2. The minimum atomic E-state index is -0.274. The molecule has 3 heterocycles. The minimum Gasteiger partial charge on any atom is -0.340 e. The lowest BCUT2D eigenvalue weighted by atomic mass is 10.1. The third-order valence-electron chi connectivity index (χ3n) is 6.05. The summed E-state index contributed by atoms with van der Waals surface area (Å²) in [6, 6.07) is 8.06. The number of carbonyl (C=O) groups excluding carboxylic acids is 2. The van der Waals surface area contributed by atoms with Crippen LogP contribution < -0.4 is 0 Å². The van der Waals surface area contributed by atoms with Gasteiger partial charge < -0.3 is 9.80 Å². The molecule has 2 saturated heterocycles. The number of aryl methyl sites for hydroxylation is 2. The van der Waals surface area contributed by atoms with Crippen LogP contribution in [0.15, 0.2) is 30.3 Å². The van der Waals surface area contributed by atoms with E-state index in [2.05, 4.69) is 10.00 Å². The average molecular weight is 413 g/mol. The van der Waals surface area contributed by atoms with Gasteiger partial charge in [0.1, 0.15) is 12.4 Å². The molecule has 2 aliphatic heterocycles. The zero-order valence-electron chi connectivity index (χ0n) is 17.6. The van der Waals surface area contributed by atoms with Gasteiger partial charge in [0.15, 0.2) is 0 Å². The molecule has 1 aromatic carbocycles. The maximum atomic E-state index is 13.1. The molecule has 2 aromatic rings. The monoisotopic (exact) mass is 413 g/mol. The molecule has 2 fully saturated rings. The fourth-order valence-electron chi connectivity index (χ4n) is 4.37. The van der Waals surface area contributed by atoms with Crippen LogP contribution in [0.2, 0.25) is 0 Å². The van der Waals surface area contributed by atoms with E-state index in [0.29, 0.717) is 39.1 Å². The van der Waals surface area contributed by atoms with Crippen LogP contribution in [0, 0.1) is 19.7 Å². The number of amides is 2. The minimum absolute atomic E-state index is 0.0386. The molecule has 0 saturated carbocycles. The first-order chi connectivity index (χ1) is 14.4. The predicted octanol–water partition coefficient (Wildman–Crippen LogP) is 1.58. The molecule has 0 radical (unpaired) electrons. The molecule has 7 nitrogen and oxygen atoms in total. The largest absolute Gasteiger partial charge is 0.340 e. The van der Waals surface area contributed by atoms with Gasteiger partial charge in [-0.15, -0.1) is 0 Å². The zero-order chi connectivity index (χ0) is 21.3. The SMILES string of the molecule is Cc1cc(C)n(CC(=O)N2CCC3C(=O)N(Cc4ccc(F)cc4)CCN3CC2)n1. The summed E-state index contributed by atoms with van der Waals surface area (Å²) < 4.78 is 14.9. The normalized spacial score (nSPS) is 20.2. The van der Waals surface area contributed by atoms with Gasteiger partial charge in [-0.2, -0.15) is 5.10 Å². The van der Waals surface area contributed by atoms with Crippen LogP contribution in [-0.2, 0) is 22.7 Å². The lowest BCUT2D eigenvalue weighted by molar-refractivity contribution is -0.142. The van der Waals surface area contributed by atoms with Crippen molar-refractivity contribution in [1.29, 1.82) is 0 Å². The van der Waals surface area contributed by atoms with Crippen LogP contribution in [0.25, 0.3) is 0 Å². The van der Waals surface area contributed by atoms with Crippen LogP contribution >= 0.6 is 0 Å². The maximum Gasteiger partial charge on any atom is 0.244 e. The number of halogens is 1. The first kappa shape index (κ1) is 20.5. The van der Waals surface area contributed by atoms with E-state index < -0.39 is 0 Å². The summed E-state index contributed by atoms with van der Waals surface area (Å²) in [6.07, 6.45) is 0.627. The average Bonchev–Trinajstić information content (AvgIpc) is 2.91. The van der Waals surface area contributed by atoms with Crippen molar-refractivity contribution in [2.45, 2.75) is 39.4 Å². The van der Waals surface area contributed by atoms with Crippen molar-refractivity contribution in [2.75, 3.05) is 32.7 Å². The molecule has 1 atom stereocenters. The Kier molecular flexibility index (Phi) is 5.85. The van der Waals surface area contributed by atoms with Crippen molar-refractivity contribution in [1.82, 2.24) is 24.5 Å². The Morgan fingerprint density at radius 1 is 1.10 bits per heavy atom. The van der Waals surface area contributed by atoms with E-state index in [1.54, 1.807) is 16.8 Å². The van der Waals surface area contributed by atoms with E-state index >= 15 is 0 Å². The summed E-state index contributed by atoms with van der Waals surface area (Å²) in [4.78, 5) is 31.8. The van der Waals surface area contributed by atoms with E-state index in [0.717, 1.165) is 23.5 Å². The highest BCUT2D eigenvalue weighted by Crippen LogP contribution is 2.20. The topological polar surface area (TPSA) is 61.7 Å². The van der Waals surface area contributed by atoms with Gasteiger partial charge in [-0.05, 0) is 44.0 Å². The molecule has 0 N–H and O–H groups in total. The third-order valence-corrected chi connectivity index (χ3v) is 6.05. The Balaban J connectivity index is 1.38. The summed E-state index contributed by atoms with van der Waals surface area (Å²) in [5.74, 6) is -0.140. The number of piperazine rings is 1. The van der Waals surface area contributed by atoms with Crippen molar-refractivity contribution in [2.24, 2.45) is 0 Å². The van der Waals surface area contributed by atoms with Crippen molar-refractivity contribution < 1.29 is 14.0 Å². The highest BCUT2D eigenvalue weighted by Gasteiger charge is 2.37. The number of fused-ring (bicyclic) bond motifs is 1. The van der Waals surface area contributed by atoms with E-state index in [4.69, 9.17) is 0 Å². The molecule has 0 bridgehead atoms. The van der Waals surface area contributed by atoms with Gasteiger partial charge in [0, 0.05) is 45.0 Å². The standard InChI is InChI=1S/C22H28FN5O2/c1-16-13-17(2)28(24-16)15-21(29)26-8-7-20-22(30)27(12-10-25(20)9-11-26)14-18-3-5-19(23)6-4-18/h3-6,13,20H,7-12,14-15H2,1-2H3. The number of carbonyl (C=O) groups is 2. The van der Waals surface area contributed by atoms with Crippen LogP contribution in [-0.4, -0.2) is 75.1 Å². The summed E-state index contributed by atoms with van der Waals surface area (Å²) >= 11 is 0. The number of hydrogen-bond acceptors (Lipinski definition) is 4. The van der Waals surface area contributed by atoms with E-state index in [-0.39, 0.29) is 30.2 Å².